The van der Waals surface area contributed by atoms with Gasteiger partial charge in [0.15, 0.2) is 0 Å². The summed E-state index contributed by atoms with van der Waals surface area (Å²) in [5, 5.41) is 4.01. The molecule has 106 valence electrons. The quantitative estimate of drug-likeness (QED) is 0.744. The first-order valence-corrected chi connectivity index (χ1v) is 7.62. The van der Waals surface area contributed by atoms with E-state index >= 15 is 0 Å². The molecule has 0 aliphatic carbocycles. The number of ether oxygens (including phenoxy) is 1. The van der Waals surface area contributed by atoms with Crippen LogP contribution in [0.25, 0.3) is 0 Å². The molecule has 1 N–H and O–H groups in total. The zero-order valence-corrected chi connectivity index (χ0v) is 13.9. The zero-order chi connectivity index (χ0) is 14.5. The first kappa shape index (κ1) is 15.2. The summed E-state index contributed by atoms with van der Waals surface area (Å²) in [5.74, 6) is 0.899. The molecule has 2 aromatic rings. The molecule has 0 heterocycles. The highest BCUT2D eigenvalue weighted by Gasteiger charge is 2.03. The maximum absolute atomic E-state index is 5.93. The Morgan fingerprint density at radius 1 is 1.15 bits per heavy atom. The van der Waals surface area contributed by atoms with Gasteiger partial charge in [0.1, 0.15) is 12.4 Å². The van der Waals surface area contributed by atoms with Gasteiger partial charge in [-0.1, -0.05) is 33.6 Å². The molecule has 0 aliphatic heterocycles. The van der Waals surface area contributed by atoms with Crippen LogP contribution in [0, 0.1) is 13.8 Å². The Morgan fingerprint density at radius 3 is 2.50 bits per heavy atom. The number of nitrogens with one attached hydrogen (secondary N) is 1. The SMILES string of the molecule is Cc1cc(OCCNc2cccc(Cl)c2)cc(C)c1Br. The summed E-state index contributed by atoms with van der Waals surface area (Å²) < 4.78 is 6.90. The van der Waals surface area contributed by atoms with Gasteiger partial charge in [0.25, 0.3) is 0 Å². The lowest BCUT2D eigenvalue weighted by Crippen LogP contribution is -2.11. The number of halogens is 2. The number of aryl methyl sites for hydroxylation is 2. The Labute approximate surface area is 133 Å². The van der Waals surface area contributed by atoms with Crippen LogP contribution in [0.1, 0.15) is 11.1 Å². The van der Waals surface area contributed by atoms with Crippen molar-refractivity contribution in [2.75, 3.05) is 18.5 Å². The third-order valence-corrected chi connectivity index (χ3v) is 4.42. The van der Waals surface area contributed by atoms with E-state index in [9.17, 15) is 0 Å². The average Bonchev–Trinajstić information content (AvgIpc) is 2.41. The smallest absolute Gasteiger partial charge is 0.119 e. The van der Waals surface area contributed by atoms with Gasteiger partial charge < -0.3 is 10.1 Å². The van der Waals surface area contributed by atoms with Crippen molar-refractivity contribution in [2.45, 2.75) is 13.8 Å². The van der Waals surface area contributed by atoms with Gasteiger partial charge in [-0.05, 0) is 55.3 Å². The molecule has 0 aromatic heterocycles. The van der Waals surface area contributed by atoms with Crippen LogP contribution in [0.5, 0.6) is 5.75 Å². The number of hydrogen-bond acceptors (Lipinski definition) is 2. The van der Waals surface area contributed by atoms with E-state index in [1.54, 1.807) is 0 Å². The van der Waals surface area contributed by atoms with Crippen LogP contribution in [0.4, 0.5) is 5.69 Å². The van der Waals surface area contributed by atoms with Crippen molar-refractivity contribution in [1.29, 1.82) is 0 Å². The lowest BCUT2D eigenvalue weighted by Gasteiger charge is -2.11. The average molecular weight is 355 g/mol. The summed E-state index contributed by atoms with van der Waals surface area (Å²) in [5.41, 5.74) is 3.37. The lowest BCUT2D eigenvalue weighted by molar-refractivity contribution is 0.332. The third kappa shape index (κ3) is 4.15. The minimum absolute atomic E-state index is 0.604. The van der Waals surface area contributed by atoms with Gasteiger partial charge >= 0.3 is 0 Å². The molecule has 20 heavy (non-hydrogen) atoms. The molecule has 0 spiro atoms. The topological polar surface area (TPSA) is 21.3 Å². The molecule has 0 radical (unpaired) electrons. The van der Waals surface area contributed by atoms with E-state index in [0.717, 1.165) is 27.5 Å². The van der Waals surface area contributed by atoms with Gasteiger partial charge in [-0.3, -0.25) is 0 Å². The molecule has 2 aromatic carbocycles. The third-order valence-electron chi connectivity index (χ3n) is 2.93. The summed E-state index contributed by atoms with van der Waals surface area (Å²) in [7, 11) is 0. The number of anilines is 1. The zero-order valence-electron chi connectivity index (χ0n) is 11.5. The van der Waals surface area contributed by atoms with Crippen LogP contribution in [0.2, 0.25) is 5.02 Å². The van der Waals surface area contributed by atoms with Gasteiger partial charge in [-0.2, -0.15) is 0 Å². The Balaban J connectivity index is 1.84. The van der Waals surface area contributed by atoms with E-state index in [0.29, 0.717) is 6.61 Å². The predicted molar refractivity (Wildman–Crippen MR) is 89.1 cm³/mol. The largest absolute Gasteiger partial charge is 0.492 e. The molecule has 2 nitrogen and oxygen atoms in total. The second kappa shape index (κ2) is 7.00. The van der Waals surface area contributed by atoms with Gasteiger partial charge in [-0.25, -0.2) is 0 Å². The maximum atomic E-state index is 5.93. The minimum Gasteiger partial charge on any atom is -0.492 e. The number of rotatable bonds is 5. The fourth-order valence-electron chi connectivity index (χ4n) is 1.95. The molecule has 0 atom stereocenters. The minimum atomic E-state index is 0.604. The summed E-state index contributed by atoms with van der Waals surface area (Å²) in [4.78, 5) is 0. The Hall–Kier alpha value is -1.19. The normalized spacial score (nSPS) is 10.4. The molecule has 2 rings (SSSR count). The fraction of sp³-hybridized carbons (Fsp3) is 0.250. The summed E-state index contributed by atoms with van der Waals surface area (Å²) in [6, 6.07) is 11.7. The number of hydrogen-bond donors (Lipinski definition) is 1. The van der Waals surface area contributed by atoms with Crippen LogP contribution in [0.15, 0.2) is 40.9 Å². The Morgan fingerprint density at radius 2 is 1.85 bits per heavy atom. The first-order chi connectivity index (χ1) is 9.56. The molecule has 0 aliphatic rings. The monoisotopic (exact) mass is 353 g/mol. The molecule has 0 saturated heterocycles. The van der Waals surface area contributed by atoms with Crippen molar-refractivity contribution < 1.29 is 4.74 Å². The standard InChI is InChI=1S/C16H17BrClNO/c1-11-8-15(9-12(2)16(11)17)20-7-6-19-14-5-3-4-13(18)10-14/h3-5,8-10,19H,6-7H2,1-2H3. The van der Waals surface area contributed by atoms with Gasteiger partial charge in [0.05, 0.1) is 0 Å². The van der Waals surface area contributed by atoms with Crippen molar-refractivity contribution >= 4 is 33.2 Å². The van der Waals surface area contributed by atoms with Crippen LogP contribution < -0.4 is 10.1 Å². The highest BCUT2D eigenvalue weighted by molar-refractivity contribution is 9.10. The van der Waals surface area contributed by atoms with E-state index < -0.39 is 0 Å². The second-order valence-corrected chi connectivity index (χ2v) is 5.89. The van der Waals surface area contributed by atoms with Gasteiger partial charge in [0, 0.05) is 21.7 Å². The van der Waals surface area contributed by atoms with Gasteiger partial charge in [0.2, 0.25) is 0 Å². The molecule has 0 unspecified atom stereocenters. The lowest BCUT2D eigenvalue weighted by atomic mass is 10.1. The summed E-state index contributed by atoms with van der Waals surface area (Å²) in [6.45, 7) is 5.46. The molecule has 0 amide bonds. The van der Waals surface area contributed by atoms with E-state index in [1.807, 2.05) is 36.4 Å². The van der Waals surface area contributed by atoms with Crippen molar-refractivity contribution in [3.63, 3.8) is 0 Å². The van der Waals surface area contributed by atoms with Crippen molar-refractivity contribution in [1.82, 2.24) is 0 Å². The van der Waals surface area contributed by atoms with E-state index in [-0.39, 0.29) is 0 Å². The van der Waals surface area contributed by atoms with Gasteiger partial charge in [-0.15, -0.1) is 0 Å². The highest BCUT2D eigenvalue weighted by Crippen LogP contribution is 2.26. The molecular weight excluding hydrogens is 338 g/mol. The highest BCUT2D eigenvalue weighted by atomic mass is 79.9. The Kier molecular flexibility index (Phi) is 5.32. The molecule has 0 bridgehead atoms. The summed E-state index contributed by atoms with van der Waals surface area (Å²) in [6.07, 6.45) is 0. The molecule has 0 fully saturated rings. The van der Waals surface area contributed by atoms with Crippen LogP contribution >= 0.6 is 27.5 Å². The van der Waals surface area contributed by atoms with Crippen LogP contribution in [-0.2, 0) is 0 Å². The molecule has 4 heteroatoms. The maximum Gasteiger partial charge on any atom is 0.119 e. The molecular formula is C16H17BrClNO. The van der Waals surface area contributed by atoms with E-state index in [4.69, 9.17) is 16.3 Å². The van der Waals surface area contributed by atoms with Crippen LogP contribution in [-0.4, -0.2) is 13.2 Å². The predicted octanol–water partition coefficient (Wildman–Crippen LogP) is 5.21. The first-order valence-electron chi connectivity index (χ1n) is 6.45. The number of benzene rings is 2. The van der Waals surface area contributed by atoms with Crippen LogP contribution in [0.3, 0.4) is 0 Å². The van der Waals surface area contributed by atoms with Crippen molar-refractivity contribution in [2.24, 2.45) is 0 Å². The van der Waals surface area contributed by atoms with E-state index in [2.05, 4.69) is 35.1 Å². The van der Waals surface area contributed by atoms with Crippen molar-refractivity contribution in [3.05, 3.63) is 57.0 Å². The molecule has 0 saturated carbocycles. The summed E-state index contributed by atoms with van der Waals surface area (Å²) >= 11 is 9.48. The van der Waals surface area contributed by atoms with E-state index in [1.165, 1.54) is 11.1 Å². The Bertz CT molecular complexity index is 578. The second-order valence-electron chi connectivity index (χ2n) is 4.66. The van der Waals surface area contributed by atoms with Crippen molar-refractivity contribution in [3.8, 4) is 5.75 Å². The fourth-order valence-corrected chi connectivity index (χ4v) is 2.37.